The van der Waals surface area contributed by atoms with Crippen LogP contribution in [0.5, 0.6) is 0 Å². The van der Waals surface area contributed by atoms with Crippen LogP contribution >= 0.6 is 0 Å². The molecule has 2 fully saturated rings. The topological polar surface area (TPSA) is 26.0 Å². The van der Waals surface area contributed by atoms with E-state index in [1.165, 1.54) is 31.2 Å². The second-order valence-corrected chi connectivity index (χ2v) is 6.27. The maximum Gasteiger partial charge on any atom is -0.00176 e. The lowest BCUT2D eigenvalue weighted by Crippen LogP contribution is -2.30. The van der Waals surface area contributed by atoms with Crippen LogP contribution in [0.4, 0.5) is 0 Å². The van der Waals surface area contributed by atoms with Crippen molar-refractivity contribution in [3.63, 3.8) is 0 Å². The van der Waals surface area contributed by atoms with Gasteiger partial charge in [0.25, 0.3) is 0 Å². The SMILES string of the molecule is CC1CCC(CN)(C2CC2c2ccccc2)C1. The lowest BCUT2D eigenvalue weighted by molar-refractivity contribution is 0.245. The highest BCUT2D eigenvalue weighted by Gasteiger charge is 2.54. The monoisotopic (exact) mass is 229 g/mol. The molecule has 2 aliphatic carbocycles. The first kappa shape index (κ1) is 11.3. The Bertz CT molecular complexity index is 386. The van der Waals surface area contributed by atoms with E-state index in [-0.39, 0.29) is 0 Å². The van der Waals surface area contributed by atoms with Gasteiger partial charge in [0, 0.05) is 0 Å². The van der Waals surface area contributed by atoms with Gasteiger partial charge < -0.3 is 5.73 Å². The summed E-state index contributed by atoms with van der Waals surface area (Å²) < 4.78 is 0. The van der Waals surface area contributed by atoms with Crippen molar-refractivity contribution in [3.8, 4) is 0 Å². The van der Waals surface area contributed by atoms with Gasteiger partial charge in [0.1, 0.15) is 0 Å². The number of benzene rings is 1. The summed E-state index contributed by atoms with van der Waals surface area (Å²) in [5.74, 6) is 2.54. The number of rotatable bonds is 3. The van der Waals surface area contributed by atoms with E-state index in [0.29, 0.717) is 5.41 Å². The normalized spacial score (nSPS) is 40.5. The first-order valence-electron chi connectivity index (χ1n) is 7.00. The van der Waals surface area contributed by atoms with Crippen LogP contribution in [0.15, 0.2) is 30.3 Å². The van der Waals surface area contributed by atoms with Gasteiger partial charge in [-0.2, -0.15) is 0 Å². The maximum absolute atomic E-state index is 6.11. The summed E-state index contributed by atoms with van der Waals surface area (Å²) in [6.07, 6.45) is 5.47. The molecular formula is C16H23N. The van der Waals surface area contributed by atoms with Crippen LogP contribution in [0.2, 0.25) is 0 Å². The van der Waals surface area contributed by atoms with Crippen LogP contribution < -0.4 is 5.73 Å². The highest BCUT2D eigenvalue weighted by atomic mass is 14.7. The van der Waals surface area contributed by atoms with Crippen molar-refractivity contribution in [2.24, 2.45) is 23.0 Å². The lowest BCUT2D eigenvalue weighted by atomic mass is 9.78. The van der Waals surface area contributed by atoms with Crippen molar-refractivity contribution < 1.29 is 0 Å². The summed E-state index contributed by atoms with van der Waals surface area (Å²) in [7, 11) is 0. The molecule has 0 radical (unpaired) electrons. The van der Waals surface area contributed by atoms with Crippen LogP contribution in [0.1, 0.15) is 44.1 Å². The molecule has 17 heavy (non-hydrogen) atoms. The molecule has 92 valence electrons. The Balaban J connectivity index is 1.75. The fraction of sp³-hybridized carbons (Fsp3) is 0.625. The minimum absolute atomic E-state index is 0.472. The van der Waals surface area contributed by atoms with Gasteiger partial charge in [-0.25, -0.2) is 0 Å². The Morgan fingerprint density at radius 3 is 2.65 bits per heavy atom. The van der Waals surface area contributed by atoms with Gasteiger partial charge in [-0.15, -0.1) is 0 Å². The molecule has 0 spiro atoms. The van der Waals surface area contributed by atoms with Crippen LogP contribution in [-0.2, 0) is 0 Å². The quantitative estimate of drug-likeness (QED) is 0.842. The van der Waals surface area contributed by atoms with Gasteiger partial charge in [-0.3, -0.25) is 0 Å². The number of hydrogen-bond acceptors (Lipinski definition) is 1. The van der Waals surface area contributed by atoms with Gasteiger partial charge >= 0.3 is 0 Å². The van der Waals surface area contributed by atoms with E-state index in [2.05, 4.69) is 37.3 Å². The van der Waals surface area contributed by atoms with Crippen LogP contribution in [0.25, 0.3) is 0 Å². The minimum atomic E-state index is 0.472. The van der Waals surface area contributed by atoms with Crippen molar-refractivity contribution in [1.82, 2.24) is 0 Å². The predicted molar refractivity (Wildman–Crippen MR) is 71.8 cm³/mol. The molecule has 3 rings (SSSR count). The summed E-state index contributed by atoms with van der Waals surface area (Å²) in [6.45, 7) is 3.28. The molecule has 4 unspecified atom stereocenters. The van der Waals surface area contributed by atoms with E-state index in [0.717, 1.165) is 24.3 Å². The Hall–Kier alpha value is -0.820. The second-order valence-electron chi connectivity index (χ2n) is 6.27. The Morgan fingerprint density at radius 1 is 1.29 bits per heavy atom. The standard InChI is InChI=1S/C16H23N/c1-12-7-8-16(10-12,11-17)15-9-14(15)13-5-3-2-4-6-13/h2-6,12,14-15H,7-11,17H2,1H3. The minimum Gasteiger partial charge on any atom is -0.330 e. The van der Waals surface area contributed by atoms with Gasteiger partial charge in [-0.1, -0.05) is 43.7 Å². The molecule has 0 saturated heterocycles. The molecule has 4 atom stereocenters. The average Bonchev–Trinajstić information content (AvgIpc) is 3.09. The van der Waals surface area contributed by atoms with Gasteiger partial charge in [0.15, 0.2) is 0 Å². The average molecular weight is 229 g/mol. The fourth-order valence-corrected chi connectivity index (χ4v) is 4.05. The molecule has 2 saturated carbocycles. The smallest absolute Gasteiger partial charge is 0.00176 e. The largest absolute Gasteiger partial charge is 0.330 e. The molecule has 0 amide bonds. The molecule has 2 aliphatic rings. The van der Waals surface area contributed by atoms with Gasteiger partial charge in [0.2, 0.25) is 0 Å². The molecule has 2 N–H and O–H groups in total. The highest BCUT2D eigenvalue weighted by molar-refractivity contribution is 5.27. The van der Waals surface area contributed by atoms with E-state index in [4.69, 9.17) is 5.73 Å². The molecule has 0 heterocycles. The molecule has 0 bridgehead atoms. The number of nitrogens with two attached hydrogens (primary N) is 1. The first-order chi connectivity index (χ1) is 8.25. The molecule has 1 nitrogen and oxygen atoms in total. The molecule has 0 aliphatic heterocycles. The molecule has 1 heteroatoms. The third-order valence-corrected chi connectivity index (χ3v) is 5.10. The van der Waals surface area contributed by atoms with Crippen molar-refractivity contribution in [1.29, 1.82) is 0 Å². The van der Waals surface area contributed by atoms with Crippen molar-refractivity contribution in [2.75, 3.05) is 6.54 Å². The number of hydrogen-bond donors (Lipinski definition) is 1. The predicted octanol–water partition coefficient (Wildman–Crippen LogP) is 3.56. The summed E-state index contributed by atoms with van der Waals surface area (Å²) in [6, 6.07) is 11.0. The molecular weight excluding hydrogens is 206 g/mol. The van der Waals surface area contributed by atoms with E-state index in [9.17, 15) is 0 Å². The lowest BCUT2D eigenvalue weighted by Gasteiger charge is -2.28. The van der Waals surface area contributed by atoms with Crippen molar-refractivity contribution in [2.45, 2.75) is 38.5 Å². The molecule has 0 aromatic heterocycles. The Kier molecular flexibility index (Phi) is 2.74. The summed E-state index contributed by atoms with van der Waals surface area (Å²) in [4.78, 5) is 0. The highest BCUT2D eigenvalue weighted by Crippen LogP contribution is 2.62. The van der Waals surface area contributed by atoms with Crippen LogP contribution in [0, 0.1) is 17.3 Å². The van der Waals surface area contributed by atoms with Crippen LogP contribution in [-0.4, -0.2) is 6.54 Å². The second kappa shape index (κ2) is 4.13. The molecule has 1 aromatic rings. The van der Waals surface area contributed by atoms with Crippen molar-refractivity contribution >= 4 is 0 Å². The third-order valence-electron chi connectivity index (χ3n) is 5.10. The summed E-state index contributed by atoms with van der Waals surface area (Å²) in [5, 5.41) is 0. The van der Waals surface area contributed by atoms with Gasteiger partial charge in [0.05, 0.1) is 0 Å². The summed E-state index contributed by atoms with van der Waals surface area (Å²) >= 11 is 0. The fourth-order valence-electron chi connectivity index (χ4n) is 4.05. The third kappa shape index (κ3) is 1.91. The Labute approximate surface area is 104 Å². The van der Waals surface area contributed by atoms with Crippen molar-refractivity contribution in [3.05, 3.63) is 35.9 Å². The van der Waals surface area contributed by atoms with E-state index in [1.54, 1.807) is 0 Å². The summed E-state index contributed by atoms with van der Waals surface area (Å²) in [5.41, 5.74) is 8.12. The molecule has 1 aromatic carbocycles. The van der Waals surface area contributed by atoms with E-state index >= 15 is 0 Å². The van der Waals surface area contributed by atoms with Gasteiger partial charge in [-0.05, 0) is 54.5 Å². The zero-order chi connectivity index (χ0) is 11.9. The maximum atomic E-state index is 6.11. The Morgan fingerprint density at radius 2 is 2.06 bits per heavy atom. The van der Waals surface area contributed by atoms with E-state index in [1.807, 2.05) is 0 Å². The zero-order valence-electron chi connectivity index (χ0n) is 10.7. The van der Waals surface area contributed by atoms with Crippen LogP contribution in [0.3, 0.4) is 0 Å². The zero-order valence-corrected chi connectivity index (χ0v) is 10.7. The van der Waals surface area contributed by atoms with E-state index < -0.39 is 0 Å². The first-order valence-corrected chi connectivity index (χ1v) is 7.00.